The van der Waals surface area contributed by atoms with Gasteiger partial charge >= 0.3 is 6.09 Å². The van der Waals surface area contributed by atoms with Gasteiger partial charge in [-0.25, -0.2) is 4.79 Å². The predicted molar refractivity (Wildman–Crippen MR) is 112 cm³/mol. The maximum absolute atomic E-state index is 12.8. The van der Waals surface area contributed by atoms with Crippen LogP contribution in [-0.4, -0.2) is 54.0 Å². The lowest BCUT2D eigenvalue weighted by molar-refractivity contribution is -0.132. The molecule has 6 heteroatoms. The monoisotopic (exact) mass is 395 g/mol. The van der Waals surface area contributed by atoms with Gasteiger partial charge in [0, 0.05) is 32.7 Å². The molecule has 2 amide bonds. The highest BCUT2D eigenvalue weighted by Crippen LogP contribution is 2.10. The van der Waals surface area contributed by atoms with E-state index in [0.29, 0.717) is 13.1 Å². The molecular weight excluding hydrogens is 366 g/mol. The van der Waals surface area contributed by atoms with Crippen molar-refractivity contribution in [3.05, 3.63) is 71.8 Å². The smallest absolute Gasteiger partial charge is 0.408 e. The highest BCUT2D eigenvalue weighted by atomic mass is 16.5. The van der Waals surface area contributed by atoms with Crippen LogP contribution in [0.3, 0.4) is 0 Å². The number of hydrogen-bond acceptors (Lipinski definition) is 4. The Bertz CT molecular complexity index is 782. The molecule has 0 bridgehead atoms. The Morgan fingerprint density at radius 3 is 2.28 bits per heavy atom. The van der Waals surface area contributed by atoms with E-state index in [2.05, 4.69) is 22.3 Å². The molecule has 154 valence electrons. The number of ether oxygens (including phenoxy) is 1. The summed E-state index contributed by atoms with van der Waals surface area (Å²) in [5.41, 5.74) is 2.19. The second kappa shape index (κ2) is 10.6. The van der Waals surface area contributed by atoms with Gasteiger partial charge in [-0.2, -0.15) is 0 Å². The first-order valence-electron chi connectivity index (χ1n) is 10.1. The van der Waals surface area contributed by atoms with Crippen LogP contribution < -0.4 is 5.32 Å². The number of nitrogens with one attached hydrogen (secondary N) is 1. The third-order valence-corrected chi connectivity index (χ3v) is 5.07. The average Bonchev–Trinajstić information content (AvgIpc) is 2.99. The van der Waals surface area contributed by atoms with Crippen molar-refractivity contribution in [3.63, 3.8) is 0 Å². The normalized spacial score (nSPS) is 16.0. The van der Waals surface area contributed by atoms with Gasteiger partial charge in [-0.05, 0) is 24.5 Å². The van der Waals surface area contributed by atoms with E-state index in [1.54, 1.807) is 6.92 Å². The predicted octanol–water partition coefficient (Wildman–Crippen LogP) is 3.04. The summed E-state index contributed by atoms with van der Waals surface area (Å²) in [6, 6.07) is 19.2. The molecule has 1 unspecified atom stereocenters. The molecule has 1 N–H and O–H groups in total. The summed E-state index contributed by atoms with van der Waals surface area (Å²) in [6.45, 7) is 5.93. The number of rotatable bonds is 6. The first kappa shape index (κ1) is 20.9. The highest BCUT2D eigenvalue weighted by molar-refractivity contribution is 5.85. The summed E-state index contributed by atoms with van der Waals surface area (Å²) in [5, 5.41) is 2.65. The van der Waals surface area contributed by atoms with Crippen molar-refractivity contribution in [2.45, 2.75) is 32.5 Å². The van der Waals surface area contributed by atoms with E-state index in [0.717, 1.165) is 31.6 Å². The summed E-state index contributed by atoms with van der Waals surface area (Å²) in [7, 11) is 0. The fraction of sp³-hybridized carbons (Fsp3) is 0.391. The van der Waals surface area contributed by atoms with Gasteiger partial charge in [0.2, 0.25) is 5.91 Å². The molecule has 1 aliphatic heterocycles. The Morgan fingerprint density at radius 2 is 1.59 bits per heavy atom. The Balaban J connectivity index is 1.43. The third kappa shape index (κ3) is 6.61. The lowest BCUT2D eigenvalue weighted by Crippen LogP contribution is -2.48. The van der Waals surface area contributed by atoms with Gasteiger partial charge in [0.05, 0.1) is 0 Å². The Hall–Kier alpha value is -2.86. The molecule has 0 spiro atoms. The quantitative estimate of drug-likeness (QED) is 0.817. The lowest BCUT2D eigenvalue weighted by Gasteiger charge is -2.25. The van der Waals surface area contributed by atoms with Crippen LogP contribution in [-0.2, 0) is 22.7 Å². The molecular formula is C23H29N3O3. The van der Waals surface area contributed by atoms with Gasteiger partial charge in [-0.1, -0.05) is 60.7 Å². The van der Waals surface area contributed by atoms with E-state index in [1.807, 2.05) is 53.4 Å². The van der Waals surface area contributed by atoms with Crippen LogP contribution in [0.4, 0.5) is 4.79 Å². The topological polar surface area (TPSA) is 61.9 Å². The highest BCUT2D eigenvalue weighted by Gasteiger charge is 2.24. The molecule has 1 fully saturated rings. The second-order valence-electron chi connectivity index (χ2n) is 7.37. The minimum atomic E-state index is -0.612. The van der Waals surface area contributed by atoms with Crippen LogP contribution in [0.2, 0.25) is 0 Å². The second-order valence-corrected chi connectivity index (χ2v) is 7.37. The molecule has 1 atom stereocenters. The van der Waals surface area contributed by atoms with Gasteiger partial charge in [0.15, 0.2) is 0 Å². The minimum absolute atomic E-state index is 0.0665. The average molecular weight is 396 g/mol. The Morgan fingerprint density at radius 1 is 0.931 bits per heavy atom. The van der Waals surface area contributed by atoms with E-state index in [-0.39, 0.29) is 12.5 Å². The summed E-state index contributed by atoms with van der Waals surface area (Å²) >= 11 is 0. The summed E-state index contributed by atoms with van der Waals surface area (Å²) in [6.07, 6.45) is 0.347. The zero-order valence-corrected chi connectivity index (χ0v) is 16.9. The molecule has 0 aliphatic carbocycles. The fourth-order valence-corrected chi connectivity index (χ4v) is 3.47. The molecule has 2 aromatic rings. The van der Waals surface area contributed by atoms with Crippen LogP contribution >= 0.6 is 0 Å². The first-order valence-corrected chi connectivity index (χ1v) is 10.1. The molecule has 1 heterocycles. The number of carbonyl (C=O) groups is 2. The van der Waals surface area contributed by atoms with Gasteiger partial charge in [0.1, 0.15) is 12.6 Å². The molecule has 0 saturated carbocycles. The van der Waals surface area contributed by atoms with Crippen molar-refractivity contribution >= 4 is 12.0 Å². The number of carbonyl (C=O) groups excluding carboxylic acids is 2. The maximum atomic E-state index is 12.8. The van der Waals surface area contributed by atoms with Crippen molar-refractivity contribution in [2.75, 3.05) is 26.2 Å². The number of amides is 2. The SMILES string of the molecule is CC(NC(=O)OCc1ccccc1)C(=O)N1CCCN(Cc2ccccc2)CC1. The van der Waals surface area contributed by atoms with Crippen molar-refractivity contribution < 1.29 is 14.3 Å². The van der Waals surface area contributed by atoms with Gasteiger partial charge < -0.3 is 15.0 Å². The Kier molecular flexibility index (Phi) is 7.64. The summed E-state index contributed by atoms with van der Waals surface area (Å²) in [4.78, 5) is 29.0. The molecule has 2 aromatic carbocycles. The molecule has 0 aromatic heterocycles. The standard InChI is InChI=1S/C23H29N3O3/c1-19(24-23(28)29-18-21-11-6-3-7-12-21)22(27)26-14-8-13-25(15-16-26)17-20-9-4-2-5-10-20/h2-7,9-12,19H,8,13-18H2,1H3,(H,24,28). The van der Waals surface area contributed by atoms with Gasteiger partial charge in [-0.3, -0.25) is 9.69 Å². The number of nitrogens with zero attached hydrogens (tertiary/aromatic N) is 2. The molecule has 0 radical (unpaired) electrons. The molecule has 29 heavy (non-hydrogen) atoms. The molecule has 3 rings (SSSR count). The van der Waals surface area contributed by atoms with Crippen molar-refractivity contribution in [3.8, 4) is 0 Å². The molecule has 6 nitrogen and oxygen atoms in total. The number of hydrogen-bond donors (Lipinski definition) is 1. The van der Waals surface area contributed by atoms with Crippen LogP contribution in [0.25, 0.3) is 0 Å². The van der Waals surface area contributed by atoms with E-state index in [4.69, 9.17) is 4.74 Å². The lowest BCUT2D eigenvalue weighted by atomic mass is 10.2. The van der Waals surface area contributed by atoms with Crippen LogP contribution in [0.1, 0.15) is 24.5 Å². The zero-order chi connectivity index (χ0) is 20.5. The van der Waals surface area contributed by atoms with E-state index in [1.165, 1.54) is 5.56 Å². The molecule has 1 aliphatic rings. The van der Waals surface area contributed by atoms with Gasteiger partial charge in [0.25, 0.3) is 0 Å². The van der Waals surface area contributed by atoms with E-state index < -0.39 is 12.1 Å². The van der Waals surface area contributed by atoms with Crippen LogP contribution in [0, 0.1) is 0 Å². The third-order valence-electron chi connectivity index (χ3n) is 5.07. The molecule has 1 saturated heterocycles. The fourth-order valence-electron chi connectivity index (χ4n) is 3.47. The number of benzene rings is 2. The minimum Gasteiger partial charge on any atom is -0.445 e. The summed E-state index contributed by atoms with van der Waals surface area (Å²) < 4.78 is 5.22. The largest absolute Gasteiger partial charge is 0.445 e. The van der Waals surface area contributed by atoms with Crippen molar-refractivity contribution in [1.29, 1.82) is 0 Å². The van der Waals surface area contributed by atoms with Crippen LogP contribution in [0.5, 0.6) is 0 Å². The van der Waals surface area contributed by atoms with Crippen molar-refractivity contribution in [1.82, 2.24) is 15.1 Å². The maximum Gasteiger partial charge on any atom is 0.408 e. The number of alkyl carbamates (subject to hydrolysis) is 1. The van der Waals surface area contributed by atoms with Crippen molar-refractivity contribution in [2.24, 2.45) is 0 Å². The van der Waals surface area contributed by atoms with E-state index >= 15 is 0 Å². The Labute approximate surface area is 172 Å². The first-order chi connectivity index (χ1) is 14.1. The zero-order valence-electron chi connectivity index (χ0n) is 16.9. The van der Waals surface area contributed by atoms with E-state index in [9.17, 15) is 9.59 Å². The summed E-state index contributed by atoms with van der Waals surface area (Å²) in [5.74, 6) is -0.0665. The van der Waals surface area contributed by atoms with Gasteiger partial charge in [-0.15, -0.1) is 0 Å². The van der Waals surface area contributed by atoms with Crippen LogP contribution in [0.15, 0.2) is 60.7 Å².